The average molecular weight is 299 g/mol. The van der Waals surface area contributed by atoms with E-state index >= 15 is 0 Å². The Labute approximate surface area is 105 Å². The number of sulfonamides is 1. The Bertz CT molecular complexity index is 580. The highest BCUT2D eigenvalue weighted by Gasteiger charge is 2.14. The number of hydrogen-bond donors (Lipinski definition) is 1. The lowest BCUT2D eigenvalue weighted by atomic mass is 10.5. The average Bonchev–Trinajstić information content (AvgIpc) is 2.15. The van der Waals surface area contributed by atoms with E-state index in [1.807, 2.05) is 0 Å². The summed E-state index contributed by atoms with van der Waals surface area (Å²) in [6.07, 6.45) is 2.14. The van der Waals surface area contributed by atoms with Gasteiger partial charge in [-0.15, -0.1) is 0 Å². The van der Waals surface area contributed by atoms with Crippen LogP contribution in [0.2, 0.25) is 5.15 Å². The SMILES string of the molecule is CS(=O)(=O)CCNS(=O)(=O)c1ccc(Cl)nc1. The Hall–Kier alpha value is -0.700. The first kappa shape index (κ1) is 14.4. The maximum absolute atomic E-state index is 11.6. The first-order chi connectivity index (χ1) is 7.71. The third-order valence-corrected chi connectivity index (χ3v) is 4.39. The van der Waals surface area contributed by atoms with E-state index in [0.717, 1.165) is 12.5 Å². The summed E-state index contributed by atoms with van der Waals surface area (Å²) in [7, 11) is -6.93. The fourth-order valence-corrected chi connectivity index (χ4v) is 2.66. The number of nitrogens with zero attached hydrogens (tertiary/aromatic N) is 1. The summed E-state index contributed by atoms with van der Waals surface area (Å²) >= 11 is 5.52. The van der Waals surface area contributed by atoms with Gasteiger partial charge in [0, 0.05) is 19.0 Å². The van der Waals surface area contributed by atoms with Crippen molar-refractivity contribution in [2.24, 2.45) is 0 Å². The Balaban J connectivity index is 2.73. The van der Waals surface area contributed by atoms with Crippen LogP contribution in [0.1, 0.15) is 0 Å². The number of pyridine rings is 1. The Morgan fingerprint density at radius 1 is 1.29 bits per heavy atom. The van der Waals surface area contributed by atoms with E-state index in [1.54, 1.807) is 0 Å². The van der Waals surface area contributed by atoms with Gasteiger partial charge < -0.3 is 0 Å². The van der Waals surface area contributed by atoms with Crippen molar-refractivity contribution in [3.63, 3.8) is 0 Å². The molecule has 6 nitrogen and oxygen atoms in total. The topological polar surface area (TPSA) is 93.2 Å². The third-order valence-electron chi connectivity index (χ3n) is 1.78. The Morgan fingerprint density at radius 2 is 1.94 bits per heavy atom. The number of nitrogens with one attached hydrogen (secondary N) is 1. The highest BCUT2D eigenvalue weighted by Crippen LogP contribution is 2.10. The molecule has 1 aromatic heterocycles. The van der Waals surface area contributed by atoms with E-state index in [9.17, 15) is 16.8 Å². The van der Waals surface area contributed by atoms with Crippen LogP contribution < -0.4 is 4.72 Å². The summed E-state index contributed by atoms with van der Waals surface area (Å²) in [5, 5.41) is 0.181. The summed E-state index contributed by atoms with van der Waals surface area (Å²) in [4.78, 5) is 3.57. The van der Waals surface area contributed by atoms with Crippen LogP contribution in [0.5, 0.6) is 0 Å². The summed E-state index contributed by atoms with van der Waals surface area (Å²) in [5.74, 6) is -0.257. The normalized spacial score (nSPS) is 12.6. The predicted octanol–water partition coefficient (Wildman–Crippen LogP) is 0.0579. The zero-order chi connectivity index (χ0) is 13.1. The summed E-state index contributed by atoms with van der Waals surface area (Å²) in [6.45, 7) is -0.177. The molecule has 0 spiro atoms. The largest absolute Gasteiger partial charge is 0.243 e. The van der Waals surface area contributed by atoms with Gasteiger partial charge in [-0.3, -0.25) is 0 Å². The van der Waals surface area contributed by atoms with Crippen LogP contribution in [0.25, 0.3) is 0 Å². The second kappa shape index (κ2) is 5.30. The highest BCUT2D eigenvalue weighted by molar-refractivity contribution is 7.91. The van der Waals surface area contributed by atoms with Crippen molar-refractivity contribution < 1.29 is 16.8 Å². The van der Waals surface area contributed by atoms with Crippen molar-refractivity contribution in [3.8, 4) is 0 Å². The molecule has 0 atom stereocenters. The van der Waals surface area contributed by atoms with Crippen LogP contribution in [-0.2, 0) is 19.9 Å². The lowest BCUT2D eigenvalue weighted by molar-refractivity contribution is 0.581. The smallest absolute Gasteiger partial charge is 0.242 e. The van der Waals surface area contributed by atoms with E-state index in [0.29, 0.717) is 0 Å². The van der Waals surface area contributed by atoms with Crippen LogP contribution in [0.3, 0.4) is 0 Å². The minimum atomic E-state index is -3.74. The third kappa shape index (κ3) is 4.99. The fraction of sp³-hybridized carbons (Fsp3) is 0.375. The molecule has 0 aliphatic rings. The van der Waals surface area contributed by atoms with Crippen molar-refractivity contribution in [2.75, 3.05) is 18.6 Å². The minimum Gasteiger partial charge on any atom is -0.243 e. The fourth-order valence-electron chi connectivity index (χ4n) is 0.966. The molecule has 9 heteroatoms. The van der Waals surface area contributed by atoms with Crippen LogP contribution >= 0.6 is 11.6 Å². The molecule has 0 aliphatic carbocycles. The van der Waals surface area contributed by atoms with Gasteiger partial charge in [-0.25, -0.2) is 26.5 Å². The highest BCUT2D eigenvalue weighted by atomic mass is 35.5. The van der Waals surface area contributed by atoms with Crippen LogP contribution in [0, 0.1) is 0 Å². The molecule has 1 heterocycles. The van der Waals surface area contributed by atoms with Crippen molar-refractivity contribution >= 4 is 31.5 Å². The van der Waals surface area contributed by atoms with Crippen LogP contribution in [0.4, 0.5) is 0 Å². The van der Waals surface area contributed by atoms with E-state index in [1.165, 1.54) is 12.1 Å². The molecule has 1 aromatic rings. The van der Waals surface area contributed by atoms with Crippen LogP contribution in [-0.4, -0.2) is 40.4 Å². The molecule has 0 saturated carbocycles. The van der Waals surface area contributed by atoms with E-state index in [-0.39, 0.29) is 22.3 Å². The van der Waals surface area contributed by atoms with E-state index < -0.39 is 19.9 Å². The number of sulfone groups is 1. The molecule has 96 valence electrons. The molecule has 0 unspecified atom stereocenters. The van der Waals surface area contributed by atoms with Gasteiger partial charge in [0.2, 0.25) is 10.0 Å². The van der Waals surface area contributed by atoms with Crippen molar-refractivity contribution in [2.45, 2.75) is 4.90 Å². The van der Waals surface area contributed by atoms with Crippen molar-refractivity contribution in [1.29, 1.82) is 0 Å². The molecular formula is C8H11ClN2O4S2. The van der Waals surface area contributed by atoms with Crippen molar-refractivity contribution in [3.05, 3.63) is 23.5 Å². The first-order valence-electron chi connectivity index (χ1n) is 4.50. The molecular weight excluding hydrogens is 288 g/mol. The molecule has 1 N–H and O–H groups in total. The monoisotopic (exact) mass is 298 g/mol. The molecule has 17 heavy (non-hydrogen) atoms. The molecule has 0 saturated heterocycles. The minimum absolute atomic E-state index is 0.0598. The quantitative estimate of drug-likeness (QED) is 0.776. The Kier molecular flexibility index (Phi) is 4.48. The van der Waals surface area contributed by atoms with Gasteiger partial charge in [0.25, 0.3) is 0 Å². The first-order valence-corrected chi connectivity index (χ1v) is 8.42. The van der Waals surface area contributed by atoms with Crippen molar-refractivity contribution in [1.82, 2.24) is 9.71 Å². The van der Waals surface area contributed by atoms with Gasteiger partial charge in [0.15, 0.2) is 0 Å². The zero-order valence-electron chi connectivity index (χ0n) is 8.92. The molecule has 1 rings (SSSR count). The summed E-state index contributed by atoms with van der Waals surface area (Å²) < 4.78 is 47.1. The predicted molar refractivity (Wildman–Crippen MR) is 64.1 cm³/mol. The number of halogens is 1. The van der Waals surface area contributed by atoms with Gasteiger partial charge in [0.05, 0.1) is 5.75 Å². The molecule has 0 amide bonds. The summed E-state index contributed by atoms with van der Waals surface area (Å²) in [6, 6.07) is 2.63. The number of rotatable bonds is 5. The number of hydrogen-bond acceptors (Lipinski definition) is 5. The summed E-state index contributed by atoms with van der Waals surface area (Å²) in [5.41, 5.74) is 0. The molecule has 0 bridgehead atoms. The van der Waals surface area contributed by atoms with Crippen LogP contribution in [0.15, 0.2) is 23.2 Å². The second-order valence-corrected chi connectivity index (χ2v) is 7.76. The van der Waals surface area contributed by atoms with Gasteiger partial charge >= 0.3 is 0 Å². The standard InChI is InChI=1S/C8H11ClN2O4S2/c1-16(12,13)5-4-11-17(14,15)7-2-3-8(9)10-6-7/h2-3,6,11H,4-5H2,1H3. The molecule has 0 fully saturated rings. The number of aromatic nitrogens is 1. The molecule has 0 aliphatic heterocycles. The molecule has 0 radical (unpaired) electrons. The van der Waals surface area contributed by atoms with Gasteiger partial charge in [-0.2, -0.15) is 0 Å². The van der Waals surface area contributed by atoms with E-state index in [2.05, 4.69) is 9.71 Å². The van der Waals surface area contributed by atoms with Gasteiger partial charge in [-0.1, -0.05) is 11.6 Å². The Morgan fingerprint density at radius 3 is 2.41 bits per heavy atom. The lowest BCUT2D eigenvalue weighted by Gasteiger charge is -2.05. The van der Waals surface area contributed by atoms with Gasteiger partial charge in [-0.05, 0) is 12.1 Å². The van der Waals surface area contributed by atoms with E-state index in [4.69, 9.17) is 11.6 Å². The lowest BCUT2D eigenvalue weighted by Crippen LogP contribution is -2.29. The second-order valence-electron chi connectivity index (χ2n) is 3.34. The van der Waals surface area contributed by atoms with Gasteiger partial charge in [0.1, 0.15) is 19.9 Å². The maximum Gasteiger partial charge on any atom is 0.242 e. The molecule has 0 aromatic carbocycles. The zero-order valence-corrected chi connectivity index (χ0v) is 11.3. The maximum atomic E-state index is 11.6.